The Balaban J connectivity index is 1.54. The predicted octanol–water partition coefficient (Wildman–Crippen LogP) is 2.62. The van der Waals surface area contributed by atoms with Crippen molar-refractivity contribution in [3.63, 3.8) is 0 Å². The molecule has 2 unspecified atom stereocenters. The molecule has 7 nitrogen and oxygen atoms in total. The Hall–Kier alpha value is -2.21. The number of hydrogen-bond donors (Lipinski definition) is 1. The summed E-state index contributed by atoms with van der Waals surface area (Å²) in [5, 5.41) is 3.96. The minimum Gasteiger partial charge on any atom is -0.418 e. The highest BCUT2D eigenvalue weighted by atomic mass is 31.1. The van der Waals surface area contributed by atoms with Crippen LogP contribution in [0.5, 0.6) is 0 Å². The van der Waals surface area contributed by atoms with E-state index in [1.807, 2.05) is 6.07 Å². The number of nitrogens with one attached hydrogen (secondary N) is 1. The summed E-state index contributed by atoms with van der Waals surface area (Å²) >= 11 is 0. The van der Waals surface area contributed by atoms with Gasteiger partial charge in [0.1, 0.15) is 12.2 Å². The lowest BCUT2D eigenvalue weighted by Gasteiger charge is -2.46. The zero-order chi connectivity index (χ0) is 20.0. The van der Waals surface area contributed by atoms with E-state index in [9.17, 15) is 9.59 Å². The van der Waals surface area contributed by atoms with Gasteiger partial charge in [0.2, 0.25) is 9.03 Å². The van der Waals surface area contributed by atoms with Gasteiger partial charge in [0.05, 0.1) is 11.6 Å². The molecule has 3 atom stereocenters. The van der Waals surface area contributed by atoms with Gasteiger partial charge in [0, 0.05) is 30.7 Å². The molecule has 1 saturated heterocycles. The van der Waals surface area contributed by atoms with Gasteiger partial charge in [-0.05, 0) is 43.5 Å². The molecule has 5 rings (SSSR count). The summed E-state index contributed by atoms with van der Waals surface area (Å²) in [6.07, 6.45) is 5.34. The van der Waals surface area contributed by atoms with Gasteiger partial charge in [-0.2, -0.15) is 0 Å². The van der Waals surface area contributed by atoms with Crippen LogP contribution >= 0.6 is 9.03 Å². The van der Waals surface area contributed by atoms with E-state index in [0.29, 0.717) is 17.7 Å². The first kappa shape index (κ1) is 18.8. The van der Waals surface area contributed by atoms with E-state index in [-0.39, 0.29) is 21.5 Å². The second kappa shape index (κ2) is 7.56. The molecule has 0 radical (unpaired) electrons. The summed E-state index contributed by atoms with van der Waals surface area (Å²) in [4.78, 5) is 27.5. The number of piperidine rings is 1. The summed E-state index contributed by atoms with van der Waals surface area (Å²) in [5.74, 6) is -0.425. The van der Waals surface area contributed by atoms with Gasteiger partial charge in [-0.3, -0.25) is 9.69 Å². The lowest BCUT2D eigenvalue weighted by atomic mass is 9.80. The van der Waals surface area contributed by atoms with Crippen LogP contribution in [0.1, 0.15) is 30.1 Å². The Kier molecular flexibility index (Phi) is 4.90. The number of benzene rings is 1. The minimum atomic E-state index is -0.504. The summed E-state index contributed by atoms with van der Waals surface area (Å²) in [6.45, 7) is 2.02. The Bertz CT molecular complexity index is 1010. The van der Waals surface area contributed by atoms with E-state index >= 15 is 0 Å². The molecule has 1 aromatic carbocycles. The molecule has 0 bridgehead atoms. The van der Waals surface area contributed by atoms with Crippen molar-refractivity contribution in [2.45, 2.75) is 25.3 Å². The standard InChI is InChI=1S/C21H24N3O4P/c1-27-29-28-18(25)12-22-21(26)17-11-13-5-4-9-23-10-8-15-14-6-2-3-7-16(14)24(17)20(15)19(13)23/h2-3,6-7,11,13,19,29H,4-5,8-10,12H2,1H3,(H,22,26)/t13?,19-/m0/s1. The van der Waals surface area contributed by atoms with Crippen LogP contribution in [0.2, 0.25) is 0 Å². The van der Waals surface area contributed by atoms with E-state index in [1.54, 1.807) is 0 Å². The molecule has 2 aromatic rings. The van der Waals surface area contributed by atoms with Crippen LogP contribution in [0.3, 0.4) is 0 Å². The maximum Gasteiger partial charge on any atom is 0.329 e. The first-order valence-corrected chi connectivity index (χ1v) is 10.8. The SMILES string of the molecule is COPOC(=O)CNC(=O)C1=CC2CCCN3CCc4c(n1c1ccccc41)[C@H]23. The monoisotopic (exact) mass is 413 g/mol. The number of fused-ring (bicyclic) bond motifs is 3. The number of aromatic nitrogens is 1. The summed E-state index contributed by atoms with van der Waals surface area (Å²) in [6, 6.07) is 8.65. The van der Waals surface area contributed by atoms with Gasteiger partial charge in [0.25, 0.3) is 5.91 Å². The zero-order valence-electron chi connectivity index (χ0n) is 16.3. The van der Waals surface area contributed by atoms with Gasteiger partial charge in [-0.25, -0.2) is 4.79 Å². The molecule has 0 saturated carbocycles. The van der Waals surface area contributed by atoms with Crippen LogP contribution in [0.15, 0.2) is 30.3 Å². The fourth-order valence-corrected chi connectivity index (χ4v) is 5.38. The molecule has 4 heterocycles. The highest BCUT2D eigenvalue weighted by Gasteiger charge is 2.43. The topological polar surface area (TPSA) is 72.8 Å². The van der Waals surface area contributed by atoms with E-state index in [4.69, 9.17) is 9.05 Å². The molecule has 29 heavy (non-hydrogen) atoms. The Morgan fingerprint density at radius 2 is 2.14 bits per heavy atom. The summed E-state index contributed by atoms with van der Waals surface area (Å²) in [5.41, 5.74) is 4.31. The van der Waals surface area contributed by atoms with E-state index in [1.165, 1.54) is 23.8 Å². The van der Waals surface area contributed by atoms with E-state index in [2.05, 4.69) is 39.1 Å². The molecule has 1 aromatic heterocycles. The number of hydrogen-bond acceptors (Lipinski definition) is 5. The Morgan fingerprint density at radius 1 is 1.28 bits per heavy atom. The molecule has 1 amide bonds. The lowest BCUT2D eigenvalue weighted by Crippen LogP contribution is -2.46. The number of carbonyl (C=O) groups is 2. The number of carbonyl (C=O) groups excluding carboxylic acids is 2. The number of para-hydroxylation sites is 1. The molecule has 3 aliphatic heterocycles. The molecule has 0 aliphatic carbocycles. The van der Waals surface area contributed by atoms with Gasteiger partial charge in [0.15, 0.2) is 0 Å². The third-order valence-electron chi connectivity index (χ3n) is 6.21. The van der Waals surface area contributed by atoms with Gasteiger partial charge >= 0.3 is 5.97 Å². The largest absolute Gasteiger partial charge is 0.418 e. The van der Waals surface area contributed by atoms with E-state index in [0.717, 1.165) is 37.9 Å². The summed E-state index contributed by atoms with van der Waals surface area (Å²) < 4.78 is 11.8. The first-order valence-electron chi connectivity index (χ1n) is 10.0. The fourth-order valence-electron chi connectivity index (χ4n) is 5.14. The third kappa shape index (κ3) is 3.08. The molecule has 8 heteroatoms. The minimum absolute atomic E-state index is 0.172. The van der Waals surface area contributed by atoms with Crippen LogP contribution in [0.25, 0.3) is 16.6 Å². The van der Waals surface area contributed by atoms with Crippen molar-refractivity contribution in [2.24, 2.45) is 5.92 Å². The second-order valence-electron chi connectivity index (χ2n) is 7.75. The number of nitrogens with zero attached hydrogens (tertiary/aromatic N) is 2. The lowest BCUT2D eigenvalue weighted by molar-refractivity contribution is -0.134. The van der Waals surface area contributed by atoms with Crippen molar-refractivity contribution in [3.8, 4) is 0 Å². The first-order chi connectivity index (χ1) is 14.2. The van der Waals surface area contributed by atoms with Crippen LogP contribution < -0.4 is 5.32 Å². The predicted molar refractivity (Wildman–Crippen MR) is 111 cm³/mol. The molecule has 1 N–H and O–H groups in total. The molecular weight excluding hydrogens is 389 g/mol. The van der Waals surface area contributed by atoms with Crippen molar-refractivity contribution >= 4 is 37.5 Å². The van der Waals surface area contributed by atoms with Crippen molar-refractivity contribution < 1.29 is 18.6 Å². The van der Waals surface area contributed by atoms with Crippen LogP contribution in [-0.4, -0.2) is 48.1 Å². The van der Waals surface area contributed by atoms with Gasteiger partial charge in [-0.15, -0.1) is 0 Å². The Morgan fingerprint density at radius 3 is 3.00 bits per heavy atom. The fraction of sp³-hybridized carbons (Fsp3) is 0.429. The van der Waals surface area contributed by atoms with E-state index < -0.39 is 5.97 Å². The van der Waals surface area contributed by atoms with Crippen LogP contribution in [-0.2, 0) is 25.1 Å². The highest BCUT2D eigenvalue weighted by Crippen LogP contribution is 2.48. The third-order valence-corrected chi connectivity index (χ3v) is 6.69. The van der Waals surface area contributed by atoms with Gasteiger partial charge < -0.3 is 18.9 Å². The molecule has 152 valence electrons. The average Bonchev–Trinajstić information content (AvgIpc) is 3.10. The van der Waals surface area contributed by atoms with Crippen LogP contribution in [0.4, 0.5) is 0 Å². The number of amides is 1. The normalized spacial score (nSPS) is 23.1. The molecule has 3 aliphatic rings. The Labute approximate surface area is 171 Å². The average molecular weight is 413 g/mol. The van der Waals surface area contributed by atoms with Crippen molar-refractivity contribution in [2.75, 3.05) is 26.7 Å². The van der Waals surface area contributed by atoms with Gasteiger partial charge in [-0.1, -0.05) is 18.2 Å². The van der Waals surface area contributed by atoms with Crippen molar-refractivity contribution in [1.29, 1.82) is 0 Å². The summed E-state index contributed by atoms with van der Waals surface area (Å²) in [7, 11) is 1.10. The number of rotatable bonds is 5. The molecular formula is C21H24N3O4P. The molecule has 1 fully saturated rings. The second-order valence-corrected chi connectivity index (χ2v) is 8.53. The quantitative estimate of drug-likeness (QED) is 0.763. The van der Waals surface area contributed by atoms with Crippen LogP contribution in [0, 0.1) is 5.92 Å². The highest BCUT2D eigenvalue weighted by molar-refractivity contribution is 7.26. The van der Waals surface area contributed by atoms with Crippen molar-refractivity contribution in [3.05, 3.63) is 41.6 Å². The zero-order valence-corrected chi connectivity index (χ0v) is 17.3. The molecule has 0 spiro atoms. The maximum absolute atomic E-state index is 13.1. The smallest absolute Gasteiger partial charge is 0.329 e. The van der Waals surface area contributed by atoms with Crippen molar-refractivity contribution in [1.82, 2.24) is 14.8 Å². The maximum atomic E-state index is 13.1.